The molecule has 1 N–H and O–H groups in total. The fraction of sp³-hybridized carbons (Fsp3) is 0.368. The van der Waals surface area contributed by atoms with Crippen LogP contribution in [-0.4, -0.2) is 38.8 Å². The Bertz CT molecular complexity index is 964. The van der Waals surface area contributed by atoms with Crippen LogP contribution in [0.15, 0.2) is 36.4 Å². The van der Waals surface area contributed by atoms with Gasteiger partial charge in [-0.05, 0) is 49.6 Å². The van der Waals surface area contributed by atoms with Crippen molar-refractivity contribution < 1.29 is 9.18 Å². The first-order valence-corrected chi connectivity index (χ1v) is 9.06. The van der Waals surface area contributed by atoms with Crippen LogP contribution in [0.5, 0.6) is 0 Å². The molecular weight excluding hydrogens is 347 g/mol. The van der Waals surface area contributed by atoms with Gasteiger partial charge in [-0.1, -0.05) is 12.1 Å². The maximum atomic E-state index is 13.2. The number of aromatic nitrogens is 4. The number of nitrogens with one attached hydrogen (secondary N) is 1. The zero-order chi connectivity index (χ0) is 18.8. The second kappa shape index (κ2) is 7.30. The van der Waals surface area contributed by atoms with Crippen LogP contribution in [0.3, 0.4) is 0 Å². The molecule has 27 heavy (non-hydrogen) atoms. The number of fused-ring (bicyclic) bond motifs is 1. The van der Waals surface area contributed by atoms with Crippen molar-refractivity contribution in [3.63, 3.8) is 0 Å². The Morgan fingerprint density at radius 2 is 2.04 bits per heavy atom. The first kappa shape index (κ1) is 17.4. The van der Waals surface area contributed by atoms with Crippen LogP contribution < -0.4 is 10.2 Å². The van der Waals surface area contributed by atoms with Gasteiger partial charge < -0.3 is 10.2 Å². The van der Waals surface area contributed by atoms with Gasteiger partial charge in [0.2, 0.25) is 5.91 Å². The van der Waals surface area contributed by atoms with Crippen LogP contribution in [0.2, 0.25) is 0 Å². The summed E-state index contributed by atoms with van der Waals surface area (Å²) in [5, 5.41) is 15.6. The third kappa shape index (κ3) is 3.74. The van der Waals surface area contributed by atoms with Gasteiger partial charge in [0.15, 0.2) is 11.5 Å². The number of hydrogen-bond donors (Lipinski definition) is 1. The molecule has 2 aromatic heterocycles. The molecule has 140 valence electrons. The number of hydrogen-bond acceptors (Lipinski definition) is 5. The highest BCUT2D eigenvalue weighted by atomic mass is 19.1. The third-order valence-corrected chi connectivity index (χ3v) is 4.95. The second-order valence-corrected chi connectivity index (χ2v) is 6.82. The Balaban J connectivity index is 1.33. The van der Waals surface area contributed by atoms with E-state index >= 15 is 0 Å². The van der Waals surface area contributed by atoms with Crippen molar-refractivity contribution in [2.45, 2.75) is 26.3 Å². The first-order chi connectivity index (χ1) is 13.1. The van der Waals surface area contributed by atoms with E-state index in [-0.39, 0.29) is 17.6 Å². The summed E-state index contributed by atoms with van der Waals surface area (Å²) in [6.07, 6.45) is 1.52. The first-order valence-electron chi connectivity index (χ1n) is 9.06. The average molecular weight is 368 g/mol. The van der Waals surface area contributed by atoms with Crippen molar-refractivity contribution >= 4 is 17.4 Å². The van der Waals surface area contributed by atoms with E-state index in [1.807, 2.05) is 19.1 Å². The monoisotopic (exact) mass is 368 g/mol. The maximum Gasteiger partial charge on any atom is 0.223 e. The molecule has 1 aromatic carbocycles. The lowest BCUT2D eigenvalue weighted by Gasteiger charge is -2.32. The Labute approximate surface area is 156 Å². The molecule has 8 heteroatoms. The molecule has 0 aliphatic carbocycles. The fourth-order valence-corrected chi connectivity index (χ4v) is 3.41. The van der Waals surface area contributed by atoms with Crippen molar-refractivity contribution in [2.75, 3.05) is 18.0 Å². The van der Waals surface area contributed by atoms with E-state index in [2.05, 4.69) is 25.5 Å². The van der Waals surface area contributed by atoms with Crippen molar-refractivity contribution in [1.82, 2.24) is 25.1 Å². The van der Waals surface area contributed by atoms with Gasteiger partial charge in [0, 0.05) is 25.6 Å². The summed E-state index contributed by atoms with van der Waals surface area (Å²) in [4.78, 5) is 14.6. The Hall–Kier alpha value is -3.03. The SMILES string of the molecule is Cc1nnc2ccc(N3CCC(C(=O)NCc4cccc(F)c4)CC3)nn12. The van der Waals surface area contributed by atoms with Gasteiger partial charge in [-0.3, -0.25) is 4.79 Å². The van der Waals surface area contributed by atoms with E-state index in [0.717, 1.165) is 48.8 Å². The van der Waals surface area contributed by atoms with Crippen LogP contribution in [-0.2, 0) is 11.3 Å². The van der Waals surface area contributed by atoms with E-state index in [1.165, 1.54) is 12.1 Å². The zero-order valence-corrected chi connectivity index (χ0v) is 15.1. The summed E-state index contributed by atoms with van der Waals surface area (Å²) in [5.41, 5.74) is 1.49. The molecule has 0 unspecified atom stereocenters. The van der Waals surface area contributed by atoms with Gasteiger partial charge in [0.1, 0.15) is 11.6 Å². The number of anilines is 1. The van der Waals surface area contributed by atoms with E-state index in [9.17, 15) is 9.18 Å². The van der Waals surface area contributed by atoms with E-state index < -0.39 is 0 Å². The summed E-state index contributed by atoms with van der Waals surface area (Å²) < 4.78 is 14.9. The van der Waals surface area contributed by atoms with Gasteiger partial charge in [-0.15, -0.1) is 15.3 Å². The predicted molar refractivity (Wildman–Crippen MR) is 98.7 cm³/mol. The van der Waals surface area contributed by atoms with Crippen molar-refractivity contribution in [3.05, 3.63) is 53.6 Å². The number of halogens is 1. The average Bonchev–Trinajstić information content (AvgIpc) is 3.07. The minimum absolute atomic E-state index is 0.0250. The molecule has 3 heterocycles. The summed E-state index contributed by atoms with van der Waals surface area (Å²) in [5.74, 6) is 1.32. The van der Waals surface area contributed by atoms with Gasteiger partial charge in [0.25, 0.3) is 0 Å². The lowest BCUT2D eigenvalue weighted by Crippen LogP contribution is -2.40. The van der Waals surface area contributed by atoms with E-state index in [1.54, 1.807) is 16.6 Å². The van der Waals surface area contributed by atoms with Crippen LogP contribution in [0.25, 0.3) is 5.65 Å². The molecular formula is C19H21FN6O. The summed E-state index contributed by atoms with van der Waals surface area (Å²) in [6, 6.07) is 10.1. The van der Waals surface area contributed by atoms with Crippen molar-refractivity contribution in [3.8, 4) is 0 Å². The highest BCUT2D eigenvalue weighted by molar-refractivity contribution is 5.79. The Morgan fingerprint density at radius 3 is 2.81 bits per heavy atom. The number of rotatable bonds is 4. The molecule has 1 aliphatic rings. The molecule has 7 nitrogen and oxygen atoms in total. The molecule has 1 amide bonds. The molecule has 1 aliphatic heterocycles. The van der Waals surface area contributed by atoms with Crippen molar-refractivity contribution in [2.24, 2.45) is 5.92 Å². The molecule has 0 radical (unpaired) electrons. The molecule has 3 aromatic rings. The molecule has 4 rings (SSSR count). The van der Waals surface area contributed by atoms with Crippen LogP contribution >= 0.6 is 0 Å². The van der Waals surface area contributed by atoms with Gasteiger partial charge >= 0.3 is 0 Å². The Morgan fingerprint density at radius 1 is 1.22 bits per heavy atom. The minimum atomic E-state index is -0.289. The summed E-state index contributed by atoms with van der Waals surface area (Å²) >= 11 is 0. The fourth-order valence-electron chi connectivity index (χ4n) is 3.41. The minimum Gasteiger partial charge on any atom is -0.355 e. The highest BCUT2D eigenvalue weighted by Gasteiger charge is 2.25. The third-order valence-electron chi connectivity index (χ3n) is 4.95. The molecule has 0 bridgehead atoms. The number of aryl methyl sites for hydroxylation is 1. The van der Waals surface area contributed by atoms with E-state index in [4.69, 9.17) is 0 Å². The topological polar surface area (TPSA) is 75.4 Å². The highest BCUT2D eigenvalue weighted by Crippen LogP contribution is 2.22. The number of piperidine rings is 1. The molecule has 0 atom stereocenters. The standard InChI is InChI=1S/C19H21FN6O/c1-13-22-23-17-5-6-18(24-26(13)17)25-9-7-15(8-10-25)19(27)21-12-14-3-2-4-16(20)11-14/h2-6,11,15H,7-10,12H2,1H3,(H,21,27). The van der Waals surface area contributed by atoms with E-state index in [0.29, 0.717) is 6.54 Å². The van der Waals surface area contributed by atoms with Crippen LogP contribution in [0.1, 0.15) is 24.2 Å². The largest absolute Gasteiger partial charge is 0.355 e. The summed E-state index contributed by atoms with van der Waals surface area (Å²) in [6.45, 7) is 3.74. The number of amides is 1. The van der Waals surface area contributed by atoms with Gasteiger partial charge in [0.05, 0.1) is 0 Å². The zero-order valence-electron chi connectivity index (χ0n) is 15.1. The van der Waals surface area contributed by atoms with Crippen LogP contribution in [0, 0.1) is 18.7 Å². The number of benzene rings is 1. The van der Waals surface area contributed by atoms with Crippen LogP contribution in [0.4, 0.5) is 10.2 Å². The lowest BCUT2D eigenvalue weighted by atomic mass is 9.96. The predicted octanol–water partition coefficient (Wildman–Crippen LogP) is 2.10. The maximum absolute atomic E-state index is 13.2. The number of carbonyl (C=O) groups excluding carboxylic acids is 1. The Kier molecular flexibility index (Phi) is 4.70. The summed E-state index contributed by atoms with van der Waals surface area (Å²) in [7, 11) is 0. The number of carbonyl (C=O) groups is 1. The van der Waals surface area contributed by atoms with Gasteiger partial charge in [-0.2, -0.15) is 4.52 Å². The normalized spacial score (nSPS) is 15.3. The molecule has 0 spiro atoms. The smallest absolute Gasteiger partial charge is 0.223 e. The molecule has 0 saturated carbocycles. The number of nitrogens with zero attached hydrogens (tertiary/aromatic N) is 5. The molecule has 1 saturated heterocycles. The lowest BCUT2D eigenvalue weighted by molar-refractivity contribution is -0.125. The second-order valence-electron chi connectivity index (χ2n) is 6.82. The molecule has 1 fully saturated rings. The quantitative estimate of drug-likeness (QED) is 0.763. The van der Waals surface area contributed by atoms with Crippen molar-refractivity contribution in [1.29, 1.82) is 0 Å². The van der Waals surface area contributed by atoms with Gasteiger partial charge in [-0.25, -0.2) is 4.39 Å².